The summed E-state index contributed by atoms with van der Waals surface area (Å²) in [5, 5.41) is 8.69. The summed E-state index contributed by atoms with van der Waals surface area (Å²) >= 11 is 0. The first-order valence-corrected chi connectivity index (χ1v) is 5.31. The molecule has 0 amide bonds. The molecule has 15 heavy (non-hydrogen) atoms. The summed E-state index contributed by atoms with van der Waals surface area (Å²) in [7, 11) is 0. The van der Waals surface area contributed by atoms with E-state index in [0.29, 0.717) is 25.9 Å². The molecule has 0 aromatic heterocycles. The van der Waals surface area contributed by atoms with Gasteiger partial charge in [0.05, 0.1) is 12.5 Å². The highest BCUT2D eigenvalue weighted by Gasteiger charge is 2.45. The number of hydrogen-bond donors (Lipinski definition) is 1. The first-order chi connectivity index (χ1) is 6.98. The van der Waals surface area contributed by atoms with Crippen LogP contribution in [0.4, 0.5) is 8.78 Å². The summed E-state index contributed by atoms with van der Waals surface area (Å²) in [5.41, 5.74) is 0. The molecule has 5 heteroatoms. The molecule has 2 unspecified atom stereocenters. The van der Waals surface area contributed by atoms with Crippen LogP contribution in [0, 0.1) is 11.8 Å². The highest BCUT2D eigenvalue weighted by atomic mass is 19.3. The lowest BCUT2D eigenvalue weighted by atomic mass is 10.1. The Hall–Kier alpha value is -0.710. The van der Waals surface area contributed by atoms with Gasteiger partial charge in [0.25, 0.3) is 5.92 Å². The van der Waals surface area contributed by atoms with Crippen LogP contribution in [0.1, 0.15) is 19.3 Å². The maximum atomic E-state index is 13.0. The second kappa shape index (κ2) is 3.70. The summed E-state index contributed by atoms with van der Waals surface area (Å²) in [4.78, 5) is 12.3. The first-order valence-electron chi connectivity index (χ1n) is 5.31. The zero-order chi connectivity index (χ0) is 11.1. The Morgan fingerprint density at radius 1 is 1.53 bits per heavy atom. The number of piperidine rings is 1. The van der Waals surface area contributed by atoms with E-state index < -0.39 is 11.9 Å². The third kappa shape index (κ3) is 2.65. The lowest BCUT2D eigenvalue weighted by Gasteiger charge is -2.32. The number of hydrogen-bond acceptors (Lipinski definition) is 2. The van der Waals surface area contributed by atoms with E-state index in [1.807, 2.05) is 0 Å². The molecule has 2 rings (SSSR count). The molecule has 1 heterocycles. The molecular weight excluding hydrogens is 204 g/mol. The van der Waals surface area contributed by atoms with Gasteiger partial charge in [-0.25, -0.2) is 8.78 Å². The van der Waals surface area contributed by atoms with Crippen LogP contribution < -0.4 is 0 Å². The van der Waals surface area contributed by atoms with Crippen LogP contribution in [-0.2, 0) is 4.79 Å². The highest BCUT2D eigenvalue weighted by Crippen LogP contribution is 2.40. The van der Waals surface area contributed by atoms with Gasteiger partial charge in [-0.1, -0.05) is 0 Å². The first kappa shape index (κ1) is 10.8. The summed E-state index contributed by atoms with van der Waals surface area (Å²) in [6.07, 6.45) is 1.13. The topological polar surface area (TPSA) is 40.5 Å². The summed E-state index contributed by atoms with van der Waals surface area (Å²) in [5.74, 6) is -3.56. The average molecular weight is 219 g/mol. The van der Waals surface area contributed by atoms with Crippen molar-refractivity contribution in [2.75, 3.05) is 19.6 Å². The molecule has 1 N–H and O–H groups in total. The Balaban J connectivity index is 1.79. The molecule has 1 aliphatic carbocycles. The molecule has 86 valence electrons. The van der Waals surface area contributed by atoms with Gasteiger partial charge < -0.3 is 5.11 Å². The van der Waals surface area contributed by atoms with Crippen LogP contribution in [-0.4, -0.2) is 41.5 Å². The minimum Gasteiger partial charge on any atom is -0.481 e. The molecule has 2 aliphatic rings. The predicted molar refractivity (Wildman–Crippen MR) is 49.9 cm³/mol. The van der Waals surface area contributed by atoms with Crippen molar-refractivity contribution in [1.29, 1.82) is 0 Å². The van der Waals surface area contributed by atoms with E-state index in [0.717, 1.165) is 0 Å². The maximum absolute atomic E-state index is 13.0. The van der Waals surface area contributed by atoms with E-state index in [-0.39, 0.29) is 24.8 Å². The van der Waals surface area contributed by atoms with Crippen molar-refractivity contribution in [2.24, 2.45) is 11.8 Å². The number of rotatable bonds is 3. The SMILES string of the molecule is O=C(O)C1CC1CN1CCCC(F)(F)C1. The fourth-order valence-corrected chi connectivity index (χ4v) is 2.29. The molecule has 0 radical (unpaired) electrons. The molecule has 2 fully saturated rings. The number of halogens is 2. The molecular formula is C10H15F2NO2. The molecule has 1 saturated heterocycles. The average Bonchev–Trinajstić information content (AvgIpc) is 2.81. The van der Waals surface area contributed by atoms with E-state index >= 15 is 0 Å². The van der Waals surface area contributed by atoms with Crippen molar-refractivity contribution >= 4 is 5.97 Å². The zero-order valence-electron chi connectivity index (χ0n) is 8.46. The smallest absolute Gasteiger partial charge is 0.306 e. The van der Waals surface area contributed by atoms with Crippen molar-refractivity contribution in [3.63, 3.8) is 0 Å². The molecule has 0 aromatic carbocycles. The van der Waals surface area contributed by atoms with Gasteiger partial charge in [0.1, 0.15) is 0 Å². The zero-order valence-corrected chi connectivity index (χ0v) is 8.46. The molecule has 3 nitrogen and oxygen atoms in total. The standard InChI is InChI=1S/C10H15F2NO2/c11-10(12)2-1-3-13(6-10)5-7-4-8(7)9(14)15/h7-8H,1-6H2,(H,14,15). The molecule has 1 aliphatic heterocycles. The fourth-order valence-electron chi connectivity index (χ4n) is 2.29. The maximum Gasteiger partial charge on any atom is 0.306 e. The van der Waals surface area contributed by atoms with Crippen molar-refractivity contribution in [2.45, 2.75) is 25.2 Å². The lowest BCUT2D eigenvalue weighted by molar-refractivity contribution is -0.138. The Kier molecular flexibility index (Phi) is 2.66. The minimum atomic E-state index is -2.58. The molecule has 0 bridgehead atoms. The molecule has 0 spiro atoms. The summed E-state index contributed by atoms with van der Waals surface area (Å²) in [6, 6.07) is 0. The number of carboxylic acids is 1. The van der Waals surface area contributed by atoms with Gasteiger partial charge >= 0.3 is 5.97 Å². The number of carbonyl (C=O) groups is 1. The normalized spacial score (nSPS) is 35.1. The van der Waals surface area contributed by atoms with Crippen molar-refractivity contribution in [3.05, 3.63) is 0 Å². The van der Waals surface area contributed by atoms with Gasteiger partial charge in [0.2, 0.25) is 0 Å². The Morgan fingerprint density at radius 2 is 2.27 bits per heavy atom. The molecule has 2 atom stereocenters. The van der Waals surface area contributed by atoms with Crippen molar-refractivity contribution in [1.82, 2.24) is 4.90 Å². The van der Waals surface area contributed by atoms with Gasteiger partial charge in [0.15, 0.2) is 0 Å². The Labute approximate surface area is 87.1 Å². The second-order valence-electron chi connectivity index (χ2n) is 4.64. The number of carboxylic acid groups (broad SMARTS) is 1. The number of nitrogens with zero attached hydrogens (tertiary/aromatic N) is 1. The van der Waals surface area contributed by atoms with Crippen LogP contribution in [0.25, 0.3) is 0 Å². The van der Waals surface area contributed by atoms with E-state index in [2.05, 4.69) is 0 Å². The predicted octanol–water partition coefficient (Wildman–Crippen LogP) is 1.44. The van der Waals surface area contributed by atoms with Gasteiger partial charge in [0, 0.05) is 13.0 Å². The van der Waals surface area contributed by atoms with Crippen LogP contribution in [0.5, 0.6) is 0 Å². The quantitative estimate of drug-likeness (QED) is 0.780. The van der Waals surface area contributed by atoms with E-state index in [4.69, 9.17) is 5.11 Å². The van der Waals surface area contributed by atoms with Gasteiger partial charge in [-0.05, 0) is 25.3 Å². The van der Waals surface area contributed by atoms with Gasteiger partial charge in [-0.2, -0.15) is 0 Å². The fraction of sp³-hybridized carbons (Fsp3) is 0.900. The van der Waals surface area contributed by atoms with Gasteiger partial charge in [-0.3, -0.25) is 9.69 Å². The lowest BCUT2D eigenvalue weighted by Crippen LogP contribution is -2.43. The largest absolute Gasteiger partial charge is 0.481 e. The van der Waals surface area contributed by atoms with Crippen molar-refractivity contribution < 1.29 is 18.7 Å². The van der Waals surface area contributed by atoms with E-state index in [9.17, 15) is 13.6 Å². The van der Waals surface area contributed by atoms with Crippen LogP contribution in [0.3, 0.4) is 0 Å². The van der Waals surface area contributed by atoms with Gasteiger partial charge in [-0.15, -0.1) is 0 Å². The van der Waals surface area contributed by atoms with Crippen molar-refractivity contribution in [3.8, 4) is 0 Å². The summed E-state index contributed by atoms with van der Waals surface area (Å²) in [6.45, 7) is 1.00. The van der Waals surface area contributed by atoms with E-state index in [1.54, 1.807) is 4.90 Å². The third-order valence-corrected chi connectivity index (χ3v) is 3.20. The van der Waals surface area contributed by atoms with E-state index in [1.165, 1.54) is 0 Å². The number of aliphatic carboxylic acids is 1. The second-order valence-corrected chi connectivity index (χ2v) is 4.64. The van der Waals surface area contributed by atoms with Crippen LogP contribution >= 0.6 is 0 Å². The third-order valence-electron chi connectivity index (χ3n) is 3.20. The Morgan fingerprint density at radius 3 is 2.80 bits per heavy atom. The van der Waals surface area contributed by atoms with Crippen LogP contribution in [0.2, 0.25) is 0 Å². The Bertz CT molecular complexity index is 270. The highest BCUT2D eigenvalue weighted by molar-refractivity contribution is 5.73. The minimum absolute atomic E-state index is 0.0312. The van der Waals surface area contributed by atoms with Crippen LogP contribution in [0.15, 0.2) is 0 Å². The molecule has 1 saturated carbocycles. The monoisotopic (exact) mass is 219 g/mol. The molecule has 0 aromatic rings. The summed E-state index contributed by atoms with van der Waals surface area (Å²) < 4.78 is 26.0. The number of likely N-dealkylation sites (tertiary alicyclic amines) is 1. The number of alkyl halides is 2.